The van der Waals surface area contributed by atoms with Gasteiger partial charge in [0, 0.05) is 0 Å². The van der Waals surface area contributed by atoms with Gasteiger partial charge in [0.15, 0.2) is 6.10 Å². The van der Waals surface area contributed by atoms with Gasteiger partial charge in [-0.05, 0) is 31.2 Å². The van der Waals surface area contributed by atoms with Gasteiger partial charge < -0.3 is 15.2 Å². The Morgan fingerprint density at radius 3 is 2.29 bits per heavy atom. The molecule has 0 saturated heterocycles. The molecule has 0 radical (unpaired) electrons. The maximum Gasteiger partial charge on any atom is 0.342 e. The van der Waals surface area contributed by atoms with Gasteiger partial charge in [-0.15, -0.1) is 0 Å². The quantitative estimate of drug-likeness (QED) is 0.856. The first-order chi connectivity index (χ1) is 10.1. The van der Waals surface area contributed by atoms with E-state index < -0.39 is 18.0 Å². The molecular weight excluding hydrogens is 270 g/mol. The van der Waals surface area contributed by atoms with Crippen LogP contribution < -0.4 is 10.5 Å². The molecule has 2 N–H and O–H groups in total. The van der Waals surface area contributed by atoms with E-state index in [1.165, 1.54) is 6.92 Å². The Labute approximate surface area is 122 Å². The van der Waals surface area contributed by atoms with Crippen LogP contribution >= 0.6 is 0 Å². The molecule has 5 heteroatoms. The van der Waals surface area contributed by atoms with Gasteiger partial charge in [0.1, 0.15) is 17.1 Å². The van der Waals surface area contributed by atoms with Crippen LogP contribution in [0.1, 0.15) is 17.3 Å². The highest BCUT2D eigenvalue weighted by Gasteiger charge is 2.19. The van der Waals surface area contributed by atoms with Gasteiger partial charge in [0.05, 0.1) is 0 Å². The van der Waals surface area contributed by atoms with Gasteiger partial charge >= 0.3 is 5.97 Å². The number of hydrogen-bond acceptors (Lipinski definition) is 4. The molecule has 1 amide bonds. The molecule has 2 aromatic rings. The molecule has 5 nitrogen and oxygen atoms in total. The van der Waals surface area contributed by atoms with E-state index in [1.54, 1.807) is 36.4 Å². The summed E-state index contributed by atoms with van der Waals surface area (Å²) in [5.41, 5.74) is 5.31. The van der Waals surface area contributed by atoms with Crippen molar-refractivity contribution < 1.29 is 19.1 Å². The van der Waals surface area contributed by atoms with E-state index in [0.29, 0.717) is 11.5 Å². The van der Waals surface area contributed by atoms with Crippen molar-refractivity contribution in [3.63, 3.8) is 0 Å². The Balaban J connectivity index is 2.20. The van der Waals surface area contributed by atoms with Crippen molar-refractivity contribution in [1.29, 1.82) is 0 Å². The molecular formula is C16H15NO4. The fourth-order valence-corrected chi connectivity index (χ4v) is 1.62. The van der Waals surface area contributed by atoms with Gasteiger partial charge in [-0.25, -0.2) is 4.79 Å². The van der Waals surface area contributed by atoms with E-state index in [4.69, 9.17) is 15.2 Å². The topological polar surface area (TPSA) is 78.6 Å². The summed E-state index contributed by atoms with van der Waals surface area (Å²) in [5, 5.41) is 0. The molecule has 0 bridgehead atoms. The van der Waals surface area contributed by atoms with E-state index in [1.807, 2.05) is 18.2 Å². The fourth-order valence-electron chi connectivity index (χ4n) is 1.62. The zero-order chi connectivity index (χ0) is 15.2. The van der Waals surface area contributed by atoms with Gasteiger partial charge in [-0.3, -0.25) is 4.79 Å². The number of nitrogens with two attached hydrogens (primary N) is 1. The Hall–Kier alpha value is -2.82. The minimum atomic E-state index is -0.998. The summed E-state index contributed by atoms with van der Waals surface area (Å²) >= 11 is 0. The van der Waals surface area contributed by atoms with Crippen molar-refractivity contribution in [1.82, 2.24) is 0 Å². The molecule has 0 aliphatic heterocycles. The number of carbonyl (C=O) groups is 2. The Bertz CT molecular complexity index is 640. The number of carbonyl (C=O) groups excluding carboxylic acids is 2. The van der Waals surface area contributed by atoms with Crippen LogP contribution in [0.4, 0.5) is 0 Å². The summed E-state index contributed by atoms with van der Waals surface area (Å²) < 4.78 is 10.6. The van der Waals surface area contributed by atoms with Crippen molar-refractivity contribution in [3.05, 3.63) is 60.2 Å². The van der Waals surface area contributed by atoms with E-state index in [2.05, 4.69) is 0 Å². The zero-order valence-electron chi connectivity index (χ0n) is 11.5. The highest BCUT2D eigenvalue weighted by molar-refractivity contribution is 5.94. The summed E-state index contributed by atoms with van der Waals surface area (Å²) in [6.45, 7) is 1.42. The summed E-state index contributed by atoms with van der Waals surface area (Å²) in [5.74, 6) is -0.413. The van der Waals surface area contributed by atoms with Crippen LogP contribution in [0.2, 0.25) is 0 Å². The second-order valence-corrected chi connectivity index (χ2v) is 4.36. The molecule has 0 heterocycles. The van der Waals surface area contributed by atoms with Gasteiger partial charge in [0.25, 0.3) is 5.91 Å². The lowest BCUT2D eigenvalue weighted by Gasteiger charge is -2.13. The lowest BCUT2D eigenvalue weighted by Crippen LogP contribution is -2.30. The van der Waals surface area contributed by atoms with Crippen LogP contribution in [0.3, 0.4) is 0 Å². The molecule has 1 atom stereocenters. The third-order valence-electron chi connectivity index (χ3n) is 2.76. The van der Waals surface area contributed by atoms with Gasteiger partial charge in [-0.1, -0.05) is 30.3 Å². The van der Waals surface area contributed by atoms with Crippen LogP contribution in [-0.4, -0.2) is 18.0 Å². The van der Waals surface area contributed by atoms with Gasteiger partial charge in [0.2, 0.25) is 0 Å². The van der Waals surface area contributed by atoms with Crippen molar-refractivity contribution in [3.8, 4) is 11.5 Å². The first-order valence-corrected chi connectivity index (χ1v) is 6.40. The summed E-state index contributed by atoms with van der Waals surface area (Å²) in [4.78, 5) is 23.0. The number of rotatable bonds is 5. The number of ether oxygens (including phenoxy) is 2. The molecule has 0 saturated carbocycles. The zero-order valence-corrected chi connectivity index (χ0v) is 11.5. The van der Waals surface area contributed by atoms with Crippen molar-refractivity contribution in [2.75, 3.05) is 0 Å². The third-order valence-corrected chi connectivity index (χ3v) is 2.76. The Morgan fingerprint density at radius 2 is 1.62 bits per heavy atom. The lowest BCUT2D eigenvalue weighted by molar-refractivity contribution is -0.125. The Kier molecular flexibility index (Phi) is 4.56. The number of hydrogen-bond donors (Lipinski definition) is 1. The minimum absolute atomic E-state index is 0.231. The fraction of sp³-hybridized carbons (Fsp3) is 0.125. The third kappa shape index (κ3) is 3.82. The number of para-hydroxylation sites is 2. The molecule has 108 valence electrons. The van der Waals surface area contributed by atoms with Crippen LogP contribution in [0, 0.1) is 0 Å². The van der Waals surface area contributed by atoms with Crippen LogP contribution in [0.5, 0.6) is 11.5 Å². The van der Waals surface area contributed by atoms with Crippen LogP contribution in [0.15, 0.2) is 54.6 Å². The standard InChI is InChI=1S/C16H15NO4/c1-11(15(17)18)20-16(19)13-9-5-6-10-14(13)21-12-7-3-2-4-8-12/h2-11H,1H3,(H2,17,18)/t11-/m1/s1. The SMILES string of the molecule is C[C@@H](OC(=O)c1ccccc1Oc1ccccc1)C(N)=O. The number of amides is 1. The van der Waals surface area contributed by atoms with Crippen LogP contribution in [-0.2, 0) is 9.53 Å². The second kappa shape index (κ2) is 6.56. The molecule has 0 aliphatic rings. The van der Waals surface area contributed by atoms with E-state index in [9.17, 15) is 9.59 Å². The predicted octanol–water partition coefficient (Wildman–Crippen LogP) is 2.51. The molecule has 0 aliphatic carbocycles. The smallest absolute Gasteiger partial charge is 0.342 e. The lowest BCUT2D eigenvalue weighted by atomic mass is 10.2. The average Bonchev–Trinajstić information content (AvgIpc) is 2.48. The number of benzene rings is 2. The molecule has 0 spiro atoms. The second-order valence-electron chi connectivity index (χ2n) is 4.36. The maximum atomic E-state index is 12.1. The molecule has 2 rings (SSSR count). The van der Waals surface area contributed by atoms with Crippen LogP contribution in [0.25, 0.3) is 0 Å². The summed E-state index contributed by atoms with van der Waals surface area (Å²) in [6.07, 6.45) is -0.998. The summed E-state index contributed by atoms with van der Waals surface area (Å²) in [7, 11) is 0. The Morgan fingerprint density at radius 1 is 1.00 bits per heavy atom. The first-order valence-electron chi connectivity index (χ1n) is 6.40. The van der Waals surface area contributed by atoms with Gasteiger partial charge in [-0.2, -0.15) is 0 Å². The summed E-state index contributed by atoms with van der Waals surface area (Å²) in [6, 6.07) is 15.7. The number of esters is 1. The maximum absolute atomic E-state index is 12.1. The average molecular weight is 285 g/mol. The monoisotopic (exact) mass is 285 g/mol. The normalized spacial score (nSPS) is 11.5. The van der Waals surface area contributed by atoms with E-state index >= 15 is 0 Å². The highest BCUT2D eigenvalue weighted by atomic mass is 16.5. The highest BCUT2D eigenvalue weighted by Crippen LogP contribution is 2.25. The first kappa shape index (κ1) is 14.6. The molecule has 21 heavy (non-hydrogen) atoms. The largest absolute Gasteiger partial charge is 0.456 e. The van der Waals surface area contributed by atoms with E-state index in [0.717, 1.165) is 0 Å². The predicted molar refractivity (Wildman–Crippen MR) is 77.0 cm³/mol. The van der Waals surface area contributed by atoms with Crippen molar-refractivity contribution in [2.24, 2.45) is 5.73 Å². The van der Waals surface area contributed by atoms with E-state index in [-0.39, 0.29) is 5.56 Å². The minimum Gasteiger partial charge on any atom is -0.456 e. The molecule has 0 fully saturated rings. The molecule has 0 aromatic heterocycles. The molecule has 2 aromatic carbocycles. The molecule has 0 unspecified atom stereocenters. The van der Waals surface area contributed by atoms with Crippen molar-refractivity contribution in [2.45, 2.75) is 13.0 Å². The van der Waals surface area contributed by atoms with Crippen molar-refractivity contribution >= 4 is 11.9 Å². The number of primary amides is 1.